The Kier molecular flexibility index (Phi) is 5.62. The van der Waals surface area contributed by atoms with Crippen molar-refractivity contribution in [3.05, 3.63) is 63.6 Å². The van der Waals surface area contributed by atoms with E-state index in [1.807, 2.05) is 24.3 Å². The summed E-state index contributed by atoms with van der Waals surface area (Å²) in [7, 11) is 1.59. The number of ether oxygens (including phenoxy) is 1. The lowest BCUT2D eigenvalue weighted by Crippen LogP contribution is -2.19. The van der Waals surface area contributed by atoms with Gasteiger partial charge in [0.15, 0.2) is 0 Å². The number of rotatable bonds is 5. The quantitative estimate of drug-likeness (QED) is 0.637. The van der Waals surface area contributed by atoms with E-state index in [2.05, 4.69) is 36.8 Å². The van der Waals surface area contributed by atoms with Crippen LogP contribution in [0.5, 0.6) is 5.75 Å². The van der Waals surface area contributed by atoms with Crippen molar-refractivity contribution in [2.75, 3.05) is 17.7 Å². The van der Waals surface area contributed by atoms with Gasteiger partial charge in [-0.25, -0.2) is 4.79 Å². The highest BCUT2D eigenvalue weighted by atomic mass is 79.9. The zero-order valence-corrected chi connectivity index (χ0v) is 15.7. The second-order valence-electron chi connectivity index (χ2n) is 5.12. The SMILES string of the molecule is COc1ccc(NC(=O)Nc2nnc(Cc3cccc(Br)c3)s2)cc1. The number of nitrogens with zero attached hydrogens (tertiary/aromatic N) is 2. The average molecular weight is 419 g/mol. The number of methoxy groups -OCH3 is 1. The Bertz CT molecular complexity index is 867. The number of amides is 2. The molecule has 0 saturated heterocycles. The molecular weight excluding hydrogens is 404 g/mol. The molecule has 0 radical (unpaired) electrons. The average Bonchev–Trinajstić information content (AvgIpc) is 3.02. The minimum atomic E-state index is -0.365. The number of hydrogen-bond acceptors (Lipinski definition) is 5. The van der Waals surface area contributed by atoms with Gasteiger partial charge in [-0.3, -0.25) is 5.32 Å². The highest BCUT2D eigenvalue weighted by Gasteiger charge is 2.09. The highest BCUT2D eigenvalue weighted by molar-refractivity contribution is 9.10. The maximum absolute atomic E-state index is 12.0. The molecule has 0 aliphatic heterocycles. The minimum Gasteiger partial charge on any atom is -0.497 e. The van der Waals surface area contributed by atoms with Gasteiger partial charge in [0.2, 0.25) is 5.13 Å². The molecule has 2 amide bonds. The fraction of sp³-hybridized carbons (Fsp3) is 0.118. The van der Waals surface area contributed by atoms with Gasteiger partial charge in [-0.05, 0) is 42.0 Å². The molecule has 25 heavy (non-hydrogen) atoms. The third-order valence-electron chi connectivity index (χ3n) is 3.28. The molecule has 3 rings (SSSR count). The predicted molar refractivity (Wildman–Crippen MR) is 102 cm³/mol. The Morgan fingerprint density at radius 1 is 1.16 bits per heavy atom. The van der Waals surface area contributed by atoms with Crippen LogP contribution >= 0.6 is 27.3 Å². The van der Waals surface area contributed by atoms with Crippen molar-refractivity contribution in [3.63, 3.8) is 0 Å². The first-order chi connectivity index (χ1) is 12.1. The third kappa shape index (κ3) is 5.01. The van der Waals surface area contributed by atoms with Crippen LogP contribution in [0.1, 0.15) is 10.6 Å². The van der Waals surface area contributed by atoms with Gasteiger partial charge < -0.3 is 10.1 Å². The zero-order chi connectivity index (χ0) is 17.6. The standard InChI is InChI=1S/C17H15BrN4O2S/c1-24-14-7-5-13(6-8-14)19-16(23)20-17-22-21-15(25-17)10-11-3-2-4-12(18)9-11/h2-9H,10H2,1H3,(H2,19,20,22,23). The Hall–Kier alpha value is -2.45. The van der Waals surface area contributed by atoms with Crippen molar-refractivity contribution in [2.24, 2.45) is 0 Å². The van der Waals surface area contributed by atoms with Crippen LogP contribution in [0.25, 0.3) is 0 Å². The molecule has 0 bridgehead atoms. The molecule has 0 spiro atoms. The van der Waals surface area contributed by atoms with Crippen molar-refractivity contribution in [1.29, 1.82) is 0 Å². The van der Waals surface area contributed by atoms with E-state index in [4.69, 9.17) is 4.74 Å². The first kappa shape index (κ1) is 17.4. The molecule has 0 saturated carbocycles. The first-order valence-corrected chi connectivity index (χ1v) is 9.02. The molecule has 128 valence electrons. The summed E-state index contributed by atoms with van der Waals surface area (Å²) in [5.41, 5.74) is 1.79. The lowest BCUT2D eigenvalue weighted by Gasteiger charge is -2.05. The van der Waals surface area contributed by atoms with E-state index in [9.17, 15) is 4.79 Å². The number of halogens is 1. The third-order valence-corrected chi connectivity index (χ3v) is 4.61. The van der Waals surface area contributed by atoms with Crippen LogP contribution in [0.4, 0.5) is 15.6 Å². The Balaban J connectivity index is 1.57. The summed E-state index contributed by atoms with van der Waals surface area (Å²) in [4.78, 5) is 12.0. The van der Waals surface area contributed by atoms with Gasteiger partial charge >= 0.3 is 6.03 Å². The van der Waals surface area contributed by atoms with Crippen LogP contribution in [0.15, 0.2) is 53.0 Å². The molecule has 0 aliphatic rings. The molecule has 1 aromatic heterocycles. The van der Waals surface area contributed by atoms with Gasteiger partial charge in [0.25, 0.3) is 0 Å². The predicted octanol–water partition coefficient (Wildman–Crippen LogP) is 4.54. The number of carbonyl (C=O) groups excluding carboxylic acids is 1. The van der Waals surface area contributed by atoms with E-state index in [1.54, 1.807) is 31.4 Å². The Labute approximate surface area is 157 Å². The molecule has 0 aliphatic carbocycles. The zero-order valence-electron chi connectivity index (χ0n) is 13.3. The maximum Gasteiger partial charge on any atom is 0.325 e. The summed E-state index contributed by atoms with van der Waals surface area (Å²) in [6, 6.07) is 14.7. The normalized spacial score (nSPS) is 10.3. The second kappa shape index (κ2) is 8.09. The molecule has 2 N–H and O–H groups in total. The molecular formula is C17H15BrN4O2S. The van der Waals surface area contributed by atoms with Crippen LogP contribution in [-0.4, -0.2) is 23.3 Å². The number of urea groups is 1. The summed E-state index contributed by atoms with van der Waals surface area (Å²) in [5, 5.41) is 14.8. The van der Waals surface area contributed by atoms with Crippen molar-refractivity contribution >= 4 is 44.1 Å². The first-order valence-electron chi connectivity index (χ1n) is 7.41. The number of aromatic nitrogens is 2. The van der Waals surface area contributed by atoms with Crippen LogP contribution in [0, 0.1) is 0 Å². The van der Waals surface area contributed by atoms with Crippen molar-refractivity contribution in [2.45, 2.75) is 6.42 Å². The van der Waals surface area contributed by atoms with Crippen molar-refractivity contribution in [3.8, 4) is 5.75 Å². The summed E-state index contributed by atoms with van der Waals surface area (Å²) in [6.45, 7) is 0. The van der Waals surface area contributed by atoms with Crippen LogP contribution < -0.4 is 15.4 Å². The summed E-state index contributed by atoms with van der Waals surface area (Å²) >= 11 is 4.80. The number of carbonyl (C=O) groups is 1. The molecule has 0 atom stereocenters. The van der Waals surface area contributed by atoms with Gasteiger partial charge in [0.1, 0.15) is 10.8 Å². The summed E-state index contributed by atoms with van der Waals surface area (Å²) < 4.78 is 6.10. The van der Waals surface area contributed by atoms with Gasteiger partial charge in [-0.2, -0.15) is 0 Å². The number of anilines is 2. The summed E-state index contributed by atoms with van der Waals surface area (Å²) in [5.74, 6) is 0.729. The summed E-state index contributed by atoms with van der Waals surface area (Å²) in [6.07, 6.45) is 0.666. The monoisotopic (exact) mass is 418 g/mol. The molecule has 0 unspecified atom stereocenters. The molecule has 3 aromatic rings. The smallest absolute Gasteiger partial charge is 0.325 e. The van der Waals surface area contributed by atoms with E-state index >= 15 is 0 Å². The molecule has 1 heterocycles. The molecule has 2 aromatic carbocycles. The topological polar surface area (TPSA) is 76.1 Å². The van der Waals surface area contributed by atoms with E-state index in [0.717, 1.165) is 20.8 Å². The number of nitrogens with one attached hydrogen (secondary N) is 2. The Morgan fingerprint density at radius 2 is 1.96 bits per heavy atom. The molecule has 6 nitrogen and oxygen atoms in total. The van der Waals surface area contributed by atoms with Gasteiger partial charge in [0.05, 0.1) is 7.11 Å². The lowest BCUT2D eigenvalue weighted by molar-refractivity contribution is 0.262. The lowest BCUT2D eigenvalue weighted by atomic mass is 10.2. The largest absolute Gasteiger partial charge is 0.497 e. The maximum atomic E-state index is 12.0. The van der Waals surface area contributed by atoms with Gasteiger partial charge in [0, 0.05) is 16.6 Å². The molecule has 8 heteroatoms. The van der Waals surface area contributed by atoms with Crippen molar-refractivity contribution < 1.29 is 9.53 Å². The van der Waals surface area contributed by atoms with E-state index in [-0.39, 0.29) is 6.03 Å². The van der Waals surface area contributed by atoms with Gasteiger partial charge in [-0.1, -0.05) is 39.4 Å². The molecule has 0 fully saturated rings. The highest BCUT2D eigenvalue weighted by Crippen LogP contribution is 2.21. The number of hydrogen-bond donors (Lipinski definition) is 2. The van der Waals surface area contributed by atoms with Crippen LogP contribution in [-0.2, 0) is 6.42 Å². The fourth-order valence-electron chi connectivity index (χ4n) is 2.13. The van der Waals surface area contributed by atoms with Crippen molar-refractivity contribution in [1.82, 2.24) is 10.2 Å². The second-order valence-corrected chi connectivity index (χ2v) is 7.09. The van der Waals surface area contributed by atoms with Crippen LogP contribution in [0.3, 0.4) is 0 Å². The van der Waals surface area contributed by atoms with Crippen LogP contribution in [0.2, 0.25) is 0 Å². The van der Waals surface area contributed by atoms with E-state index in [1.165, 1.54) is 11.3 Å². The minimum absolute atomic E-state index is 0.365. The van der Waals surface area contributed by atoms with E-state index in [0.29, 0.717) is 17.2 Å². The fourth-order valence-corrected chi connectivity index (χ4v) is 3.35. The van der Waals surface area contributed by atoms with Gasteiger partial charge in [-0.15, -0.1) is 10.2 Å². The Morgan fingerprint density at radius 3 is 2.68 bits per heavy atom. The van der Waals surface area contributed by atoms with E-state index < -0.39 is 0 Å². The number of benzene rings is 2.